The lowest BCUT2D eigenvalue weighted by atomic mass is 9.93. The third-order valence-corrected chi connectivity index (χ3v) is 5.44. The van der Waals surface area contributed by atoms with Crippen molar-refractivity contribution in [1.29, 1.82) is 0 Å². The van der Waals surface area contributed by atoms with Crippen LogP contribution in [0.1, 0.15) is 25.7 Å². The molecule has 3 rings (SSSR count). The van der Waals surface area contributed by atoms with E-state index < -0.39 is 0 Å². The van der Waals surface area contributed by atoms with Crippen LogP contribution in [0.2, 0.25) is 0 Å². The lowest BCUT2D eigenvalue weighted by Crippen LogP contribution is -2.40. The Morgan fingerprint density at radius 1 is 1.22 bits per heavy atom. The summed E-state index contributed by atoms with van der Waals surface area (Å²) < 4.78 is 0. The molecule has 0 aromatic heterocycles. The molecule has 1 N–H and O–H groups in total. The summed E-state index contributed by atoms with van der Waals surface area (Å²) in [6, 6.07) is 0.779. The summed E-state index contributed by atoms with van der Waals surface area (Å²) in [5, 5.41) is 3.77. The summed E-state index contributed by atoms with van der Waals surface area (Å²) in [6.45, 7) is 6.44. The molecule has 3 nitrogen and oxygen atoms in total. The maximum atomic E-state index is 3.77. The molecule has 104 valence electrons. The highest BCUT2D eigenvalue weighted by Gasteiger charge is 2.39. The van der Waals surface area contributed by atoms with E-state index in [1.54, 1.807) is 0 Å². The third kappa shape index (κ3) is 2.73. The molecule has 0 spiro atoms. The van der Waals surface area contributed by atoms with Gasteiger partial charge in [0.15, 0.2) is 0 Å². The number of rotatable bonds is 4. The van der Waals surface area contributed by atoms with Gasteiger partial charge in [-0.05, 0) is 64.2 Å². The largest absolute Gasteiger partial charge is 0.312 e. The molecule has 0 amide bonds. The molecule has 1 saturated carbocycles. The van der Waals surface area contributed by atoms with Gasteiger partial charge in [0.05, 0.1) is 0 Å². The van der Waals surface area contributed by atoms with Gasteiger partial charge in [-0.25, -0.2) is 0 Å². The average molecular weight is 251 g/mol. The number of fused-ring (bicyclic) bond motifs is 1. The lowest BCUT2D eigenvalue weighted by Gasteiger charge is -2.27. The zero-order chi connectivity index (χ0) is 12.5. The lowest BCUT2D eigenvalue weighted by molar-refractivity contribution is 0.232. The Hall–Kier alpha value is -0.120. The van der Waals surface area contributed by atoms with Crippen molar-refractivity contribution in [3.63, 3.8) is 0 Å². The van der Waals surface area contributed by atoms with Gasteiger partial charge < -0.3 is 15.1 Å². The van der Waals surface area contributed by atoms with Crippen LogP contribution in [0.5, 0.6) is 0 Å². The first-order valence-corrected chi connectivity index (χ1v) is 7.83. The van der Waals surface area contributed by atoms with E-state index in [2.05, 4.69) is 29.2 Å². The molecular formula is C15H29N3. The second-order valence-corrected chi connectivity index (χ2v) is 7.01. The van der Waals surface area contributed by atoms with Crippen molar-refractivity contribution in [3.05, 3.63) is 0 Å². The zero-order valence-electron chi connectivity index (χ0n) is 12.1. The number of nitrogens with zero attached hydrogens (tertiary/aromatic N) is 2. The van der Waals surface area contributed by atoms with Gasteiger partial charge in [-0.1, -0.05) is 6.42 Å². The SMILES string of the molecule is CN1CCC(CN(C)CC2NCC3CCCC32)C1. The monoisotopic (exact) mass is 251 g/mol. The predicted octanol–water partition coefficient (Wildman–Crippen LogP) is 1.26. The minimum absolute atomic E-state index is 0.779. The number of likely N-dealkylation sites (N-methyl/N-ethyl adjacent to an activating group) is 1. The Kier molecular flexibility index (Phi) is 3.92. The first-order valence-electron chi connectivity index (χ1n) is 7.83. The molecular weight excluding hydrogens is 222 g/mol. The minimum Gasteiger partial charge on any atom is -0.312 e. The molecule has 4 atom stereocenters. The van der Waals surface area contributed by atoms with Gasteiger partial charge in [0.2, 0.25) is 0 Å². The normalized spacial score (nSPS) is 40.8. The number of nitrogens with one attached hydrogen (secondary N) is 1. The zero-order valence-corrected chi connectivity index (χ0v) is 12.1. The summed E-state index contributed by atoms with van der Waals surface area (Å²) in [6.07, 6.45) is 5.82. The Morgan fingerprint density at radius 2 is 2.11 bits per heavy atom. The Balaban J connectivity index is 1.44. The highest BCUT2D eigenvalue weighted by molar-refractivity contribution is 4.95. The molecule has 0 radical (unpaired) electrons. The van der Waals surface area contributed by atoms with Crippen molar-refractivity contribution in [2.24, 2.45) is 17.8 Å². The maximum absolute atomic E-state index is 3.77. The van der Waals surface area contributed by atoms with Crippen LogP contribution < -0.4 is 5.32 Å². The average Bonchev–Trinajstić information content (AvgIpc) is 2.98. The Labute approximate surface area is 112 Å². The van der Waals surface area contributed by atoms with Crippen molar-refractivity contribution >= 4 is 0 Å². The molecule has 0 aromatic rings. The van der Waals surface area contributed by atoms with E-state index in [1.807, 2.05) is 0 Å². The van der Waals surface area contributed by atoms with E-state index in [0.29, 0.717) is 0 Å². The number of likely N-dealkylation sites (tertiary alicyclic amines) is 1. The van der Waals surface area contributed by atoms with E-state index in [0.717, 1.165) is 23.8 Å². The van der Waals surface area contributed by atoms with E-state index >= 15 is 0 Å². The quantitative estimate of drug-likeness (QED) is 0.811. The van der Waals surface area contributed by atoms with Crippen LogP contribution in [0.25, 0.3) is 0 Å². The fraction of sp³-hybridized carbons (Fsp3) is 1.00. The van der Waals surface area contributed by atoms with E-state index in [9.17, 15) is 0 Å². The molecule has 3 aliphatic rings. The number of hydrogen-bond acceptors (Lipinski definition) is 3. The standard InChI is InChI=1S/C15H29N3/c1-17-7-6-12(9-17)10-18(2)11-15-14-5-3-4-13(14)8-16-15/h12-16H,3-11H2,1-2H3. The van der Waals surface area contributed by atoms with Crippen molar-refractivity contribution in [3.8, 4) is 0 Å². The van der Waals surface area contributed by atoms with Gasteiger partial charge in [-0.3, -0.25) is 0 Å². The van der Waals surface area contributed by atoms with Gasteiger partial charge in [0.25, 0.3) is 0 Å². The van der Waals surface area contributed by atoms with Crippen LogP contribution in [0.15, 0.2) is 0 Å². The van der Waals surface area contributed by atoms with Crippen LogP contribution >= 0.6 is 0 Å². The smallest absolute Gasteiger partial charge is 0.0226 e. The molecule has 4 unspecified atom stereocenters. The third-order valence-electron chi connectivity index (χ3n) is 5.44. The molecule has 1 aliphatic carbocycles. The van der Waals surface area contributed by atoms with Crippen LogP contribution in [-0.2, 0) is 0 Å². The summed E-state index contributed by atoms with van der Waals surface area (Å²) >= 11 is 0. The van der Waals surface area contributed by atoms with Crippen molar-refractivity contribution in [1.82, 2.24) is 15.1 Å². The van der Waals surface area contributed by atoms with Crippen LogP contribution in [0, 0.1) is 17.8 Å². The van der Waals surface area contributed by atoms with Crippen LogP contribution in [0.3, 0.4) is 0 Å². The van der Waals surface area contributed by atoms with Gasteiger partial charge in [0, 0.05) is 25.7 Å². The van der Waals surface area contributed by atoms with Crippen LogP contribution in [-0.4, -0.2) is 62.7 Å². The maximum Gasteiger partial charge on any atom is 0.0226 e. The second kappa shape index (κ2) is 5.48. The molecule has 0 aromatic carbocycles. The van der Waals surface area contributed by atoms with Gasteiger partial charge in [-0.15, -0.1) is 0 Å². The molecule has 0 bridgehead atoms. The molecule has 18 heavy (non-hydrogen) atoms. The molecule has 2 saturated heterocycles. The fourth-order valence-electron chi connectivity index (χ4n) is 4.53. The van der Waals surface area contributed by atoms with Crippen molar-refractivity contribution in [2.75, 3.05) is 46.8 Å². The van der Waals surface area contributed by atoms with Gasteiger partial charge >= 0.3 is 0 Å². The Morgan fingerprint density at radius 3 is 2.89 bits per heavy atom. The van der Waals surface area contributed by atoms with Gasteiger partial charge in [-0.2, -0.15) is 0 Å². The second-order valence-electron chi connectivity index (χ2n) is 7.01. The summed E-state index contributed by atoms with van der Waals surface area (Å²) in [5.41, 5.74) is 0. The molecule has 2 aliphatic heterocycles. The van der Waals surface area contributed by atoms with E-state index in [1.165, 1.54) is 58.4 Å². The number of hydrogen-bond donors (Lipinski definition) is 1. The molecule has 3 heteroatoms. The van der Waals surface area contributed by atoms with Gasteiger partial charge in [0.1, 0.15) is 0 Å². The van der Waals surface area contributed by atoms with E-state index in [4.69, 9.17) is 0 Å². The summed E-state index contributed by atoms with van der Waals surface area (Å²) in [4.78, 5) is 5.06. The Bertz CT molecular complexity index is 281. The van der Waals surface area contributed by atoms with Crippen molar-refractivity contribution < 1.29 is 0 Å². The van der Waals surface area contributed by atoms with E-state index in [-0.39, 0.29) is 0 Å². The predicted molar refractivity (Wildman–Crippen MR) is 75.7 cm³/mol. The first kappa shape index (κ1) is 12.9. The summed E-state index contributed by atoms with van der Waals surface area (Å²) in [7, 11) is 4.57. The fourth-order valence-corrected chi connectivity index (χ4v) is 4.53. The first-order chi connectivity index (χ1) is 8.72. The minimum atomic E-state index is 0.779. The van der Waals surface area contributed by atoms with Crippen LogP contribution in [0.4, 0.5) is 0 Å². The highest BCUT2D eigenvalue weighted by atomic mass is 15.2. The topological polar surface area (TPSA) is 18.5 Å². The highest BCUT2D eigenvalue weighted by Crippen LogP contribution is 2.37. The molecule has 2 heterocycles. The summed E-state index contributed by atoms with van der Waals surface area (Å²) in [5.74, 6) is 2.89. The van der Waals surface area contributed by atoms with Crippen molar-refractivity contribution in [2.45, 2.75) is 31.7 Å². The molecule has 3 fully saturated rings.